The van der Waals surface area contributed by atoms with Crippen molar-refractivity contribution in [3.63, 3.8) is 0 Å². The summed E-state index contributed by atoms with van der Waals surface area (Å²) in [6, 6.07) is 3.56. The molecule has 0 radical (unpaired) electrons. The number of aromatic nitrogens is 3. The molecule has 3 heterocycles. The molecule has 114 valence electrons. The van der Waals surface area contributed by atoms with Crippen molar-refractivity contribution in [2.75, 3.05) is 19.7 Å². The van der Waals surface area contributed by atoms with Crippen molar-refractivity contribution in [2.24, 2.45) is 5.92 Å². The number of ether oxygens (including phenoxy) is 1. The highest BCUT2D eigenvalue weighted by Gasteiger charge is 2.13. The summed E-state index contributed by atoms with van der Waals surface area (Å²) in [5.41, 5.74) is 0.546. The van der Waals surface area contributed by atoms with Gasteiger partial charge in [-0.3, -0.25) is 9.51 Å². The molecule has 21 heavy (non-hydrogen) atoms. The van der Waals surface area contributed by atoms with E-state index in [0.717, 1.165) is 31.7 Å². The van der Waals surface area contributed by atoms with E-state index in [0.29, 0.717) is 24.0 Å². The van der Waals surface area contributed by atoms with Gasteiger partial charge in [0.1, 0.15) is 11.4 Å². The Morgan fingerprint density at radius 2 is 2.14 bits per heavy atom. The molecule has 0 unspecified atom stereocenters. The van der Waals surface area contributed by atoms with Crippen LogP contribution in [0.5, 0.6) is 5.75 Å². The Labute approximate surface area is 127 Å². The maximum absolute atomic E-state index is 10.9. The number of H-pyrrole nitrogens is 1. The maximum Gasteiger partial charge on any atom is 0.439 e. The molecule has 7 nitrogen and oxygen atoms in total. The number of aromatic amines is 1. The second-order valence-electron chi connectivity index (χ2n) is 4.83. The van der Waals surface area contributed by atoms with E-state index in [1.807, 2.05) is 6.07 Å². The zero-order valence-corrected chi connectivity index (χ0v) is 12.2. The lowest BCUT2D eigenvalue weighted by molar-refractivity contribution is 0.214. The van der Waals surface area contributed by atoms with Crippen LogP contribution in [-0.4, -0.2) is 34.8 Å². The quantitative estimate of drug-likeness (QED) is 0.882. The second-order valence-corrected chi connectivity index (χ2v) is 4.83. The Balaban J connectivity index is 0.00000161. The number of nitrogens with zero attached hydrogens (tertiary/aromatic N) is 2. The normalized spacial score (nSPS) is 15.4. The number of hydrogen-bond donors (Lipinski definition) is 2. The van der Waals surface area contributed by atoms with Gasteiger partial charge in [0.05, 0.1) is 12.8 Å². The summed E-state index contributed by atoms with van der Waals surface area (Å²) < 4.78 is 10.2. The van der Waals surface area contributed by atoms with Crippen LogP contribution in [0.25, 0.3) is 11.5 Å². The van der Waals surface area contributed by atoms with E-state index in [1.165, 1.54) is 0 Å². The molecule has 0 saturated carbocycles. The van der Waals surface area contributed by atoms with E-state index in [-0.39, 0.29) is 12.4 Å². The molecule has 0 spiro atoms. The fraction of sp³-hybridized carbons (Fsp3) is 0.462. The van der Waals surface area contributed by atoms with Crippen LogP contribution in [0.1, 0.15) is 12.8 Å². The Hall–Kier alpha value is -1.86. The van der Waals surface area contributed by atoms with Crippen LogP contribution in [0, 0.1) is 5.92 Å². The number of piperidine rings is 1. The highest BCUT2D eigenvalue weighted by molar-refractivity contribution is 5.85. The summed E-state index contributed by atoms with van der Waals surface area (Å²) in [4.78, 5) is 17.5. The highest BCUT2D eigenvalue weighted by Crippen LogP contribution is 2.18. The molecule has 1 aliphatic rings. The monoisotopic (exact) mass is 312 g/mol. The molecule has 0 aromatic carbocycles. The molecular weight excluding hydrogens is 296 g/mol. The van der Waals surface area contributed by atoms with Gasteiger partial charge >= 0.3 is 5.76 Å². The summed E-state index contributed by atoms with van der Waals surface area (Å²) in [6.45, 7) is 2.83. The lowest BCUT2D eigenvalue weighted by atomic mass is 9.99. The minimum atomic E-state index is -0.590. The third-order valence-electron chi connectivity index (χ3n) is 3.36. The van der Waals surface area contributed by atoms with Crippen molar-refractivity contribution >= 4 is 12.4 Å². The zero-order valence-electron chi connectivity index (χ0n) is 11.4. The van der Waals surface area contributed by atoms with Crippen molar-refractivity contribution in [3.8, 4) is 17.3 Å². The molecule has 8 heteroatoms. The molecule has 0 atom stereocenters. The zero-order chi connectivity index (χ0) is 13.8. The molecular formula is C13H17ClN4O3. The highest BCUT2D eigenvalue weighted by atomic mass is 35.5. The average Bonchev–Trinajstić information content (AvgIpc) is 2.93. The predicted molar refractivity (Wildman–Crippen MR) is 78.7 cm³/mol. The smallest absolute Gasteiger partial charge is 0.439 e. The number of rotatable bonds is 4. The van der Waals surface area contributed by atoms with Gasteiger partial charge in [0.15, 0.2) is 0 Å². The first-order valence-corrected chi connectivity index (χ1v) is 6.67. The Morgan fingerprint density at radius 3 is 2.76 bits per heavy atom. The minimum absolute atomic E-state index is 0. The van der Waals surface area contributed by atoms with E-state index in [4.69, 9.17) is 4.74 Å². The summed E-state index contributed by atoms with van der Waals surface area (Å²) in [5.74, 6) is 1.05. The van der Waals surface area contributed by atoms with Gasteiger partial charge in [0.2, 0.25) is 5.82 Å². The van der Waals surface area contributed by atoms with E-state index in [1.54, 1.807) is 12.3 Å². The molecule has 2 aromatic rings. The van der Waals surface area contributed by atoms with Gasteiger partial charge < -0.3 is 10.1 Å². The van der Waals surface area contributed by atoms with Gasteiger partial charge in [0.25, 0.3) is 0 Å². The molecule has 1 fully saturated rings. The van der Waals surface area contributed by atoms with Crippen LogP contribution >= 0.6 is 12.4 Å². The van der Waals surface area contributed by atoms with E-state index in [9.17, 15) is 4.79 Å². The van der Waals surface area contributed by atoms with Gasteiger partial charge in [0, 0.05) is 0 Å². The van der Waals surface area contributed by atoms with Crippen LogP contribution in [-0.2, 0) is 0 Å². The Bertz CT molecular complexity index is 604. The largest absolute Gasteiger partial charge is 0.492 e. The van der Waals surface area contributed by atoms with Gasteiger partial charge in [-0.1, -0.05) is 5.16 Å². The van der Waals surface area contributed by atoms with Crippen molar-refractivity contribution in [1.29, 1.82) is 0 Å². The summed E-state index contributed by atoms with van der Waals surface area (Å²) in [5, 5.41) is 6.91. The predicted octanol–water partition coefficient (Wildman–Crippen LogP) is 1.23. The van der Waals surface area contributed by atoms with E-state index >= 15 is 0 Å². The van der Waals surface area contributed by atoms with E-state index in [2.05, 4.69) is 25.0 Å². The standard InChI is InChI=1S/C13H16N4O3.ClH/c18-13-16-12(17-20-13)11-2-1-10(7-15-11)19-8-9-3-5-14-6-4-9;/h1-2,7,9,14H,3-6,8H2,(H,16,17,18);1H. The molecule has 1 aliphatic heterocycles. The summed E-state index contributed by atoms with van der Waals surface area (Å²) in [7, 11) is 0. The number of hydrogen-bond acceptors (Lipinski definition) is 6. The van der Waals surface area contributed by atoms with Crippen LogP contribution in [0.3, 0.4) is 0 Å². The molecule has 0 bridgehead atoms. The number of halogens is 1. The third kappa shape index (κ3) is 4.05. The first-order chi connectivity index (χ1) is 9.81. The van der Waals surface area contributed by atoms with Crippen molar-refractivity contribution < 1.29 is 9.26 Å². The third-order valence-corrected chi connectivity index (χ3v) is 3.36. The van der Waals surface area contributed by atoms with Gasteiger partial charge in [-0.2, -0.15) is 0 Å². The molecule has 1 saturated heterocycles. The average molecular weight is 313 g/mol. The lowest BCUT2D eigenvalue weighted by Crippen LogP contribution is -2.30. The van der Waals surface area contributed by atoms with Crippen molar-refractivity contribution in [2.45, 2.75) is 12.8 Å². The molecule has 2 aromatic heterocycles. The maximum atomic E-state index is 10.9. The molecule has 2 N–H and O–H groups in total. The van der Waals surface area contributed by atoms with Crippen LogP contribution in [0.2, 0.25) is 0 Å². The fourth-order valence-electron chi connectivity index (χ4n) is 2.21. The van der Waals surface area contributed by atoms with Crippen LogP contribution in [0.15, 0.2) is 27.6 Å². The first kappa shape index (κ1) is 15.5. The molecule has 3 rings (SSSR count). The van der Waals surface area contributed by atoms with E-state index < -0.39 is 5.76 Å². The van der Waals surface area contributed by atoms with Gasteiger partial charge in [-0.15, -0.1) is 12.4 Å². The Morgan fingerprint density at radius 1 is 1.33 bits per heavy atom. The van der Waals surface area contributed by atoms with Crippen LogP contribution in [0.4, 0.5) is 0 Å². The summed E-state index contributed by atoms with van der Waals surface area (Å²) in [6.07, 6.45) is 3.92. The van der Waals surface area contributed by atoms with Gasteiger partial charge in [-0.25, -0.2) is 9.78 Å². The summed E-state index contributed by atoms with van der Waals surface area (Å²) >= 11 is 0. The van der Waals surface area contributed by atoms with Crippen LogP contribution < -0.4 is 15.8 Å². The van der Waals surface area contributed by atoms with Gasteiger partial charge in [-0.05, 0) is 44.0 Å². The second kappa shape index (κ2) is 7.24. The SMILES string of the molecule is Cl.O=c1[nH]c(-c2ccc(OCC3CCNCC3)cn2)no1. The molecule has 0 amide bonds. The fourth-order valence-corrected chi connectivity index (χ4v) is 2.21. The topological polar surface area (TPSA) is 93.0 Å². The number of nitrogens with one attached hydrogen (secondary N) is 2. The minimum Gasteiger partial charge on any atom is -0.492 e. The van der Waals surface area contributed by atoms with Crippen molar-refractivity contribution in [1.82, 2.24) is 20.4 Å². The number of pyridine rings is 1. The molecule has 0 aliphatic carbocycles. The Kier molecular flexibility index (Phi) is 5.35. The first-order valence-electron chi connectivity index (χ1n) is 6.67. The van der Waals surface area contributed by atoms with Crippen molar-refractivity contribution in [3.05, 3.63) is 28.9 Å². The lowest BCUT2D eigenvalue weighted by Gasteiger charge is -2.22.